The van der Waals surface area contributed by atoms with E-state index in [9.17, 15) is 0 Å². The molecule has 0 radical (unpaired) electrons. The number of fused-ring (bicyclic) bond motifs is 1. The maximum atomic E-state index is 4.66. The fourth-order valence-corrected chi connectivity index (χ4v) is 3.88. The van der Waals surface area contributed by atoms with Crippen molar-refractivity contribution in [1.29, 1.82) is 0 Å². The van der Waals surface area contributed by atoms with Crippen LogP contribution >= 0.6 is 0 Å². The molecule has 3 heterocycles. The summed E-state index contributed by atoms with van der Waals surface area (Å²) in [6.45, 7) is 5.81. The molecule has 7 nitrogen and oxygen atoms in total. The third-order valence-electron chi connectivity index (χ3n) is 5.45. The molecular formula is C22H23N7. The molecule has 4 aromatic rings. The molecular weight excluding hydrogens is 362 g/mol. The molecule has 1 N–H and O–H groups in total. The van der Waals surface area contributed by atoms with Gasteiger partial charge in [-0.15, -0.1) is 0 Å². The quantitative estimate of drug-likeness (QED) is 0.569. The zero-order valence-corrected chi connectivity index (χ0v) is 16.2. The van der Waals surface area contributed by atoms with Gasteiger partial charge in [-0.2, -0.15) is 5.10 Å². The molecule has 2 aromatic carbocycles. The number of hydrogen-bond acceptors (Lipinski definition) is 6. The van der Waals surface area contributed by atoms with E-state index < -0.39 is 0 Å². The normalized spacial score (nSPS) is 15.7. The molecule has 0 spiro atoms. The summed E-state index contributed by atoms with van der Waals surface area (Å²) in [7, 11) is 0. The highest BCUT2D eigenvalue weighted by atomic mass is 15.3. The van der Waals surface area contributed by atoms with Gasteiger partial charge in [0.2, 0.25) is 0 Å². The fraction of sp³-hybridized carbons (Fsp3) is 0.273. The predicted octanol–water partition coefficient (Wildman–Crippen LogP) is 2.73. The molecule has 29 heavy (non-hydrogen) atoms. The molecule has 0 bridgehead atoms. The lowest BCUT2D eigenvalue weighted by molar-refractivity contribution is 0.120. The highest BCUT2D eigenvalue weighted by Crippen LogP contribution is 2.25. The summed E-state index contributed by atoms with van der Waals surface area (Å²) in [6.07, 6.45) is 5.49. The van der Waals surface area contributed by atoms with Crippen LogP contribution in [0.25, 0.3) is 22.2 Å². The monoisotopic (exact) mass is 385 g/mol. The van der Waals surface area contributed by atoms with E-state index in [4.69, 9.17) is 0 Å². The number of benzene rings is 2. The molecule has 0 saturated carbocycles. The van der Waals surface area contributed by atoms with Crippen LogP contribution in [0.2, 0.25) is 0 Å². The van der Waals surface area contributed by atoms with Gasteiger partial charge in [-0.3, -0.25) is 14.9 Å². The maximum Gasteiger partial charge on any atom is 0.159 e. The van der Waals surface area contributed by atoms with Crippen molar-refractivity contribution in [2.24, 2.45) is 0 Å². The first-order valence-electron chi connectivity index (χ1n) is 9.93. The highest BCUT2D eigenvalue weighted by molar-refractivity contribution is 5.94. The van der Waals surface area contributed by atoms with Gasteiger partial charge in [0.05, 0.1) is 6.54 Å². The van der Waals surface area contributed by atoms with Gasteiger partial charge >= 0.3 is 0 Å². The van der Waals surface area contributed by atoms with Crippen LogP contribution in [-0.4, -0.2) is 61.1 Å². The van der Waals surface area contributed by atoms with Crippen molar-refractivity contribution >= 4 is 10.8 Å². The van der Waals surface area contributed by atoms with Crippen LogP contribution < -0.4 is 0 Å². The molecule has 1 aliphatic rings. The van der Waals surface area contributed by atoms with E-state index in [2.05, 4.69) is 77.4 Å². The van der Waals surface area contributed by atoms with Crippen molar-refractivity contribution in [3.05, 3.63) is 72.6 Å². The molecule has 7 heteroatoms. The standard InChI is InChI=1S/C22H23N7/c1-2-6-19-18(4-1)5-3-7-20(19)22-23-12-17(13-24-22)14-28-8-10-29(11-9-28)15-21-25-16-26-27-21/h1-7,12-13,16H,8-11,14-15H2,(H,25,26,27). The Balaban J connectivity index is 1.22. The van der Waals surface area contributed by atoms with Crippen LogP contribution in [0.5, 0.6) is 0 Å². The average Bonchev–Trinajstić information content (AvgIpc) is 3.28. The maximum absolute atomic E-state index is 4.66. The first kappa shape index (κ1) is 17.9. The number of hydrogen-bond donors (Lipinski definition) is 1. The Hall–Kier alpha value is -3.16. The average molecular weight is 385 g/mol. The van der Waals surface area contributed by atoms with Crippen molar-refractivity contribution in [3.63, 3.8) is 0 Å². The minimum absolute atomic E-state index is 0.780. The van der Waals surface area contributed by atoms with Gasteiger partial charge in [0.1, 0.15) is 12.2 Å². The fourth-order valence-electron chi connectivity index (χ4n) is 3.88. The van der Waals surface area contributed by atoms with E-state index in [1.807, 2.05) is 12.4 Å². The van der Waals surface area contributed by atoms with Crippen molar-refractivity contribution in [3.8, 4) is 11.4 Å². The van der Waals surface area contributed by atoms with Crippen LogP contribution in [0.4, 0.5) is 0 Å². The van der Waals surface area contributed by atoms with Crippen LogP contribution in [-0.2, 0) is 13.1 Å². The summed E-state index contributed by atoms with van der Waals surface area (Å²) in [4.78, 5) is 18.4. The Bertz CT molecular complexity index is 1060. The van der Waals surface area contributed by atoms with Crippen molar-refractivity contribution in [2.45, 2.75) is 13.1 Å². The second-order valence-corrected chi connectivity index (χ2v) is 7.43. The Morgan fingerprint density at radius 1 is 0.793 bits per heavy atom. The summed E-state index contributed by atoms with van der Waals surface area (Å²) in [5.41, 5.74) is 2.23. The van der Waals surface area contributed by atoms with Gasteiger partial charge in [0.25, 0.3) is 0 Å². The van der Waals surface area contributed by atoms with Crippen molar-refractivity contribution < 1.29 is 0 Å². The first-order chi connectivity index (χ1) is 14.3. The van der Waals surface area contributed by atoms with Crippen LogP contribution in [0.1, 0.15) is 11.4 Å². The summed E-state index contributed by atoms with van der Waals surface area (Å²) in [5, 5.41) is 9.24. The van der Waals surface area contributed by atoms with Gasteiger partial charge in [0.15, 0.2) is 5.82 Å². The van der Waals surface area contributed by atoms with Gasteiger partial charge in [0, 0.05) is 56.2 Å². The number of rotatable bonds is 5. The second kappa shape index (κ2) is 8.06. The third-order valence-corrected chi connectivity index (χ3v) is 5.45. The molecule has 146 valence electrons. The Kier molecular flexibility index (Phi) is 4.98. The molecule has 1 saturated heterocycles. The Morgan fingerprint density at radius 3 is 2.28 bits per heavy atom. The van der Waals surface area contributed by atoms with Crippen LogP contribution in [0.3, 0.4) is 0 Å². The Labute approximate surface area is 169 Å². The lowest BCUT2D eigenvalue weighted by Crippen LogP contribution is -2.45. The number of nitrogens with zero attached hydrogens (tertiary/aromatic N) is 6. The summed E-state index contributed by atoms with van der Waals surface area (Å²) >= 11 is 0. The molecule has 0 aliphatic carbocycles. The van der Waals surface area contributed by atoms with Gasteiger partial charge in [-0.25, -0.2) is 15.0 Å². The highest BCUT2D eigenvalue weighted by Gasteiger charge is 2.18. The van der Waals surface area contributed by atoms with E-state index >= 15 is 0 Å². The van der Waals surface area contributed by atoms with Crippen LogP contribution in [0.15, 0.2) is 61.2 Å². The number of nitrogens with one attached hydrogen (secondary N) is 1. The number of piperazine rings is 1. The molecule has 2 aromatic heterocycles. The van der Waals surface area contributed by atoms with Gasteiger partial charge < -0.3 is 0 Å². The topological polar surface area (TPSA) is 73.8 Å². The molecule has 0 amide bonds. The summed E-state index contributed by atoms with van der Waals surface area (Å²) < 4.78 is 0. The minimum atomic E-state index is 0.780. The summed E-state index contributed by atoms with van der Waals surface area (Å²) in [5.74, 6) is 1.71. The number of aromatic nitrogens is 5. The molecule has 0 unspecified atom stereocenters. The smallest absolute Gasteiger partial charge is 0.159 e. The van der Waals surface area contributed by atoms with E-state index in [1.54, 1.807) is 6.33 Å². The lowest BCUT2D eigenvalue weighted by Gasteiger charge is -2.34. The summed E-state index contributed by atoms with van der Waals surface area (Å²) in [6, 6.07) is 14.6. The van der Waals surface area contributed by atoms with E-state index in [1.165, 1.54) is 10.8 Å². The Morgan fingerprint density at radius 2 is 1.52 bits per heavy atom. The first-order valence-corrected chi connectivity index (χ1v) is 9.93. The van der Waals surface area contributed by atoms with E-state index in [-0.39, 0.29) is 0 Å². The number of aromatic amines is 1. The molecule has 1 fully saturated rings. The number of H-pyrrole nitrogens is 1. The van der Waals surface area contributed by atoms with E-state index in [0.29, 0.717) is 0 Å². The van der Waals surface area contributed by atoms with Crippen LogP contribution in [0, 0.1) is 0 Å². The SMILES string of the molecule is c1ccc2c(-c3ncc(CN4CCN(Cc5ncn[nH]5)CC4)cn3)cccc2c1. The second-order valence-electron chi connectivity index (χ2n) is 7.43. The zero-order valence-electron chi connectivity index (χ0n) is 16.2. The lowest BCUT2D eigenvalue weighted by atomic mass is 10.0. The third kappa shape index (κ3) is 4.01. The van der Waals surface area contributed by atoms with Crippen molar-refractivity contribution in [2.75, 3.05) is 26.2 Å². The molecule has 0 atom stereocenters. The van der Waals surface area contributed by atoms with Gasteiger partial charge in [-0.05, 0) is 10.8 Å². The van der Waals surface area contributed by atoms with Crippen molar-refractivity contribution in [1.82, 2.24) is 34.9 Å². The predicted molar refractivity (Wildman–Crippen MR) is 112 cm³/mol. The molecule has 5 rings (SSSR count). The minimum Gasteiger partial charge on any atom is -0.296 e. The largest absolute Gasteiger partial charge is 0.296 e. The van der Waals surface area contributed by atoms with Gasteiger partial charge in [-0.1, -0.05) is 42.5 Å². The zero-order chi connectivity index (χ0) is 19.5. The van der Waals surface area contributed by atoms with E-state index in [0.717, 1.165) is 62.0 Å². The molecule has 1 aliphatic heterocycles.